The van der Waals surface area contributed by atoms with Crippen molar-refractivity contribution >= 4 is 5.97 Å². The van der Waals surface area contributed by atoms with Crippen LogP contribution in [0.1, 0.15) is 18.7 Å². The Hall–Kier alpha value is -2.28. The molecule has 1 aromatic carbocycles. The summed E-state index contributed by atoms with van der Waals surface area (Å²) in [4.78, 5) is 11.1. The Labute approximate surface area is 120 Å². The van der Waals surface area contributed by atoms with Crippen molar-refractivity contribution in [3.63, 3.8) is 0 Å². The van der Waals surface area contributed by atoms with Crippen molar-refractivity contribution in [2.24, 2.45) is 5.92 Å². The Morgan fingerprint density at radius 2 is 2.10 bits per heavy atom. The van der Waals surface area contributed by atoms with Gasteiger partial charge in [0.2, 0.25) is 11.8 Å². The highest BCUT2D eigenvalue weighted by molar-refractivity contribution is 5.74. The molecule has 6 nitrogen and oxygen atoms in total. The van der Waals surface area contributed by atoms with E-state index in [2.05, 4.69) is 15.5 Å². The first kappa shape index (κ1) is 13.7. The number of rotatable bonds is 6. The minimum absolute atomic E-state index is 0.182. The fourth-order valence-electron chi connectivity index (χ4n) is 2.12. The molecule has 0 amide bonds. The molecule has 1 atom stereocenters. The lowest BCUT2D eigenvalue weighted by molar-refractivity contribution is -0.140. The maximum absolute atomic E-state index is 12.8. The van der Waals surface area contributed by atoms with Crippen LogP contribution in [0.15, 0.2) is 28.7 Å². The van der Waals surface area contributed by atoms with Crippen LogP contribution in [0, 0.1) is 11.7 Å². The Bertz CT molecular complexity index is 637. The van der Waals surface area contributed by atoms with Gasteiger partial charge in [-0.05, 0) is 43.0 Å². The number of carbonyl (C=O) groups is 1. The number of nitrogens with one attached hydrogen (secondary N) is 1. The Morgan fingerprint density at radius 1 is 1.38 bits per heavy atom. The third-order valence-corrected chi connectivity index (χ3v) is 3.39. The van der Waals surface area contributed by atoms with Gasteiger partial charge in [0.1, 0.15) is 11.9 Å². The second kappa shape index (κ2) is 5.61. The number of aromatic nitrogens is 2. The molecule has 0 radical (unpaired) electrons. The zero-order chi connectivity index (χ0) is 14.8. The summed E-state index contributed by atoms with van der Waals surface area (Å²) in [5.74, 6) is -0.432. The van der Waals surface area contributed by atoms with Gasteiger partial charge in [-0.2, -0.15) is 0 Å². The Morgan fingerprint density at radius 3 is 2.71 bits per heavy atom. The number of nitrogens with zero attached hydrogens (tertiary/aromatic N) is 2. The maximum atomic E-state index is 12.8. The molecule has 1 fully saturated rings. The highest BCUT2D eigenvalue weighted by atomic mass is 19.1. The number of carboxylic acids is 1. The largest absolute Gasteiger partial charge is 0.480 e. The van der Waals surface area contributed by atoms with Crippen molar-refractivity contribution in [3.05, 3.63) is 36.0 Å². The predicted octanol–water partition coefficient (Wildman–Crippen LogP) is 1.83. The molecule has 21 heavy (non-hydrogen) atoms. The van der Waals surface area contributed by atoms with E-state index >= 15 is 0 Å². The van der Waals surface area contributed by atoms with Crippen LogP contribution in [0.4, 0.5) is 4.39 Å². The van der Waals surface area contributed by atoms with Crippen molar-refractivity contribution in [2.45, 2.75) is 25.4 Å². The second-order valence-corrected chi connectivity index (χ2v) is 5.04. The highest BCUT2D eigenvalue weighted by Gasteiger charge is 2.36. The minimum Gasteiger partial charge on any atom is -0.480 e. The van der Waals surface area contributed by atoms with Crippen LogP contribution in [0.3, 0.4) is 0 Å². The fourth-order valence-corrected chi connectivity index (χ4v) is 2.12. The number of hydrogen-bond acceptors (Lipinski definition) is 5. The number of halogens is 1. The van der Waals surface area contributed by atoms with E-state index in [1.807, 2.05) is 0 Å². The molecule has 1 unspecified atom stereocenters. The van der Waals surface area contributed by atoms with Crippen molar-refractivity contribution in [2.75, 3.05) is 0 Å². The summed E-state index contributed by atoms with van der Waals surface area (Å²) in [7, 11) is 0. The van der Waals surface area contributed by atoms with E-state index in [4.69, 9.17) is 9.52 Å². The molecular weight excluding hydrogens is 277 g/mol. The van der Waals surface area contributed by atoms with Gasteiger partial charge < -0.3 is 9.52 Å². The minimum atomic E-state index is -0.865. The summed E-state index contributed by atoms with van der Waals surface area (Å²) < 4.78 is 18.3. The molecule has 0 aliphatic heterocycles. The van der Waals surface area contributed by atoms with Gasteiger partial charge in [0, 0.05) is 5.56 Å². The molecule has 2 aromatic rings. The predicted molar refractivity (Wildman–Crippen MR) is 70.7 cm³/mol. The Balaban J connectivity index is 1.64. The topological polar surface area (TPSA) is 88.2 Å². The van der Waals surface area contributed by atoms with Crippen LogP contribution < -0.4 is 5.32 Å². The third kappa shape index (κ3) is 3.25. The lowest BCUT2D eigenvalue weighted by Crippen LogP contribution is -2.38. The molecule has 0 spiro atoms. The van der Waals surface area contributed by atoms with Gasteiger partial charge in [0.15, 0.2) is 0 Å². The summed E-state index contributed by atoms with van der Waals surface area (Å²) >= 11 is 0. The zero-order valence-electron chi connectivity index (χ0n) is 11.1. The summed E-state index contributed by atoms with van der Waals surface area (Å²) in [6.45, 7) is 0.196. The van der Waals surface area contributed by atoms with E-state index in [0.29, 0.717) is 11.5 Å². The van der Waals surface area contributed by atoms with Crippen LogP contribution in [0.5, 0.6) is 0 Å². The van der Waals surface area contributed by atoms with Gasteiger partial charge in [0.25, 0.3) is 0 Å². The van der Waals surface area contributed by atoms with Crippen molar-refractivity contribution in [1.82, 2.24) is 15.5 Å². The first-order valence-corrected chi connectivity index (χ1v) is 6.68. The zero-order valence-corrected chi connectivity index (χ0v) is 11.1. The first-order chi connectivity index (χ1) is 10.1. The summed E-state index contributed by atoms with van der Waals surface area (Å²) in [6, 6.07) is 5.14. The standard InChI is InChI=1S/C14H14FN3O3/c15-10-5-3-9(4-6-10)13-18-17-11(21-13)7-16-12(14(19)20)8-1-2-8/h3-6,8,12,16H,1-2,7H2,(H,19,20). The molecule has 1 aromatic heterocycles. The van der Waals surface area contributed by atoms with E-state index in [-0.39, 0.29) is 24.2 Å². The lowest BCUT2D eigenvalue weighted by Gasteiger charge is -2.11. The quantitative estimate of drug-likeness (QED) is 0.844. The number of aliphatic carboxylic acids is 1. The molecule has 0 bridgehead atoms. The summed E-state index contributed by atoms with van der Waals surface area (Å²) in [5, 5.41) is 19.8. The smallest absolute Gasteiger partial charge is 0.320 e. The molecule has 7 heteroatoms. The summed E-state index contributed by atoms with van der Waals surface area (Å²) in [5.41, 5.74) is 0.618. The van der Waals surface area contributed by atoms with Crippen molar-refractivity contribution in [1.29, 1.82) is 0 Å². The van der Waals surface area contributed by atoms with E-state index in [0.717, 1.165) is 12.8 Å². The molecule has 1 aliphatic rings. The van der Waals surface area contributed by atoms with Crippen LogP contribution in [0.2, 0.25) is 0 Å². The average molecular weight is 291 g/mol. The van der Waals surface area contributed by atoms with Crippen LogP contribution >= 0.6 is 0 Å². The second-order valence-electron chi connectivity index (χ2n) is 5.04. The van der Waals surface area contributed by atoms with E-state index in [1.165, 1.54) is 12.1 Å². The molecule has 110 valence electrons. The summed E-state index contributed by atoms with van der Waals surface area (Å²) in [6.07, 6.45) is 1.85. The van der Waals surface area contributed by atoms with Gasteiger partial charge in [-0.25, -0.2) is 4.39 Å². The van der Waals surface area contributed by atoms with Gasteiger partial charge in [-0.15, -0.1) is 10.2 Å². The monoisotopic (exact) mass is 291 g/mol. The SMILES string of the molecule is O=C(O)C(NCc1nnc(-c2ccc(F)cc2)o1)C1CC1. The Kier molecular flexibility index (Phi) is 3.66. The van der Waals surface area contributed by atoms with E-state index in [9.17, 15) is 9.18 Å². The number of benzene rings is 1. The van der Waals surface area contributed by atoms with Crippen LogP contribution in [0.25, 0.3) is 11.5 Å². The maximum Gasteiger partial charge on any atom is 0.320 e. The van der Waals surface area contributed by atoms with Gasteiger partial charge in [0.05, 0.1) is 6.54 Å². The average Bonchev–Trinajstić information content (AvgIpc) is 3.18. The lowest BCUT2D eigenvalue weighted by atomic mass is 10.2. The van der Waals surface area contributed by atoms with Crippen molar-refractivity contribution in [3.8, 4) is 11.5 Å². The molecule has 1 heterocycles. The van der Waals surface area contributed by atoms with E-state index in [1.54, 1.807) is 12.1 Å². The van der Waals surface area contributed by atoms with Gasteiger partial charge in [-0.3, -0.25) is 10.1 Å². The normalized spacial score (nSPS) is 15.9. The number of hydrogen-bond donors (Lipinski definition) is 2. The van der Waals surface area contributed by atoms with Gasteiger partial charge in [-0.1, -0.05) is 0 Å². The molecule has 1 saturated carbocycles. The molecule has 3 rings (SSSR count). The van der Waals surface area contributed by atoms with Crippen LogP contribution in [-0.4, -0.2) is 27.3 Å². The molecule has 2 N–H and O–H groups in total. The first-order valence-electron chi connectivity index (χ1n) is 6.68. The molecule has 0 saturated heterocycles. The third-order valence-electron chi connectivity index (χ3n) is 3.39. The molecule has 1 aliphatic carbocycles. The highest BCUT2D eigenvalue weighted by Crippen LogP contribution is 2.32. The number of carboxylic acid groups (broad SMARTS) is 1. The molecular formula is C14H14FN3O3. The van der Waals surface area contributed by atoms with Gasteiger partial charge >= 0.3 is 5.97 Å². The van der Waals surface area contributed by atoms with Crippen LogP contribution in [-0.2, 0) is 11.3 Å². The van der Waals surface area contributed by atoms with E-state index < -0.39 is 12.0 Å². The fraction of sp³-hybridized carbons (Fsp3) is 0.357. The van der Waals surface area contributed by atoms with Crippen molar-refractivity contribution < 1.29 is 18.7 Å².